The minimum Gasteiger partial charge on any atom is -0.379 e. The van der Waals surface area contributed by atoms with Crippen molar-refractivity contribution in [2.75, 3.05) is 56.2 Å². The van der Waals surface area contributed by atoms with Gasteiger partial charge in [0.05, 0.1) is 23.7 Å². The van der Waals surface area contributed by atoms with Crippen molar-refractivity contribution in [3.05, 3.63) is 81.5 Å². The first-order chi connectivity index (χ1) is 17.7. The third-order valence-corrected chi connectivity index (χ3v) is 7.62. The monoisotopic (exact) mass is 504 g/mol. The number of nitrogens with zero attached hydrogens (tertiary/aromatic N) is 2. The first-order valence-electron chi connectivity index (χ1n) is 12.6. The van der Waals surface area contributed by atoms with E-state index in [1.54, 1.807) is 12.1 Å². The zero-order valence-corrected chi connectivity index (χ0v) is 21.2. The lowest BCUT2D eigenvalue weighted by Gasteiger charge is -2.32. The van der Waals surface area contributed by atoms with Gasteiger partial charge in [-0.25, -0.2) is 0 Å². The highest BCUT2D eigenvalue weighted by molar-refractivity contribution is 7.12. The number of thiophene rings is 1. The molecule has 5 rings (SSSR count). The van der Waals surface area contributed by atoms with Gasteiger partial charge in [0.15, 0.2) is 0 Å². The lowest BCUT2D eigenvalue weighted by molar-refractivity contribution is 0.0374. The molecule has 2 aliphatic heterocycles. The smallest absolute Gasteiger partial charge is 0.265 e. The van der Waals surface area contributed by atoms with Gasteiger partial charge in [-0.3, -0.25) is 14.5 Å². The molecule has 0 spiro atoms. The van der Waals surface area contributed by atoms with Gasteiger partial charge in [-0.05, 0) is 60.2 Å². The quantitative estimate of drug-likeness (QED) is 0.454. The highest BCUT2D eigenvalue weighted by atomic mass is 32.1. The number of rotatable bonds is 8. The first kappa shape index (κ1) is 24.5. The fourth-order valence-electron chi connectivity index (χ4n) is 4.80. The van der Waals surface area contributed by atoms with Crippen molar-refractivity contribution in [2.24, 2.45) is 0 Å². The van der Waals surface area contributed by atoms with E-state index in [-0.39, 0.29) is 11.8 Å². The van der Waals surface area contributed by atoms with E-state index in [9.17, 15) is 9.59 Å². The number of hydrogen-bond acceptors (Lipinski definition) is 6. The van der Waals surface area contributed by atoms with E-state index in [4.69, 9.17) is 4.74 Å². The maximum absolute atomic E-state index is 13.4. The average molecular weight is 505 g/mol. The Morgan fingerprint density at radius 3 is 2.58 bits per heavy atom. The molecule has 1 saturated heterocycles. The molecule has 2 aromatic carbocycles. The largest absolute Gasteiger partial charge is 0.379 e. The molecule has 188 valence electrons. The van der Waals surface area contributed by atoms with Crippen LogP contribution in [-0.2, 0) is 17.7 Å². The predicted octanol–water partition coefficient (Wildman–Crippen LogP) is 4.02. The Kier molecular flexibility index (Phi) is 7.95. The van der Waals surface area contributed by atoms with Crippen molar-refractivity contribution in [3.63, 3.8) is 0 Å². The van der Waals surface area contributed by atoms with E-state index >= 15 is 0 Å². The Balaban J connectivity index is 1.31. The molecule has 3 aromatic rings. The lowest BCUT2D eigenvalue weighted by Crippen LogP contribution is -2.38. The molecule has 2 aliphatic rings. The molecular formula is C28H32N4O3S. The third kappa shape index (κ3) is 5.95. The molecule has 0 saturated carbocycles. The topological polar surface area (TPSA) is 73.9 Å². The number of hydrogen-bond donors (Lipinski definition) is 2. The van der Waals surface area contributed by atoms with E-state index in [0.29, 0.717) is 22.7 Å². The Morgan fingerprint density at radius 2 is 1.78 bits per heavy atom. The number of carbonyl (C=O) groups is 2. The summed E-state index contributed by atoms with van der Waals surface area (Å²) in [6.45, 7) is 6.59. The second-order valence-electron chi connectivity index (χ2n) is 9.17. The van der Waals surface area contributed by atoms with Crippen LogP contribution in [-0.4, -0.2) is 62.7 Å². The minimum atomic E-state index is -0.165. The van der Waals surface area contributed by atoms with E-state index in [0.717, 1.165) is 64.5 Å². The summed E-state index contributed by atoms with van der Waals surface area (Å²) in [5, 5.41) is 7.94. The highest BCUT2D eigenvalue weighted by Gasteiger charge is 2.22. The second-order valence-corrected chi connectivity index (χ2v) is 10.1. The van der Waals surface area contributed by atoms with Gasteiger partial charge in [0.2, 0.25) is 0 Å². The molecule has 1 fully saturated rings. The van der Waals surface area contributed by atoms with Gasteiger partial charge in [0.1, 0.15) is 0 Å². The summed E-state index contributed by atoms with van der Waals surface area (Å²) >= 11 is 1.39. The van der Waals surface area contributed by atoms with Gasteiger partial charge >= 0.3 is 0 Å². The molecule has 2 N–H and O–H groups in total. The van der Waals surface area contributed by atoms with Crippen molar-refractivity contribution in [1.82, 2.24) is 10.2 Å². The molecule has 2 amide bonds. The van der Waals surface area contributed by atoms with Crippen LogP contribution in [0.5, 0.6) is 0 Å². The Labute approximate surface area is 216 Å². The SMILES string of the molecule is O=C(Nc1ccc(N2CCc3ccccc3C2)c(C(=O)NCCCN2CCOCC2)c1)c1cccs1. The van der Waals surface area contributed by atoms with E-state index in [1.165, 1.54) is 22.5 Å². The molecular weight excluding hydrogens is 472 g/mol. The number of amides is 2. The predicted molar refractivity (Wildman–Crippen MR) is 144 cm³/mol. The van der Waals surface area contributed by atoms with Crippen LogP contribution >= 0.6 is 11.3 Å². The fraction of sp³-hybridized carbons (Fsp3) is 0.357. The molecule has 1 aromatic heterocycles. The van der Waals surface area contributed by atoms with Gasteiger partial charge in [0, 0.05) is 44.1 Å². The zero-order valence-electron chi connectivity index (χ0n) is 20.4. The van der Waals surface area contributed by atoms with Crippen molar-refractivity contribution in [1.29, 1.82) is 0 Å². The zero-order chi connectivity index (χ0) is 24.7. The molecule has 8 heteroatoms. The van der Waals surface area contributed by atoms with E-state index < -0.39 is 0 Å². The summed E-state index contributed by atoms with van der Waals surface area (Å²) in [6.07, 6.45) is 1.82. The van der Waals surface area contributed by atoms with Gasteiger partial charge in [-0.2, -0.15) is 0 Å². The summed E-state index contributed by atoms with van der Waals surface area (Å²) in [5.41, 5.74) is 4.75. The Morgan fingerprint density at radius 1 is 0.944 bits per heavy atom. The van der Waals surface area contributed by atoms with Gasteiger partial charge < -0.3 is 20.3 Å². The Bertz CT molecular complexity index is 1190. The molecule has 7 nitrogen and oxygen atoms in total. The van der Waals surface area contributed by atoms with Crippen LogP contribution in [0, 0.1) is 0 Å². The molecule has 0 bridgehead atoms. The average Bonchev–Trinajstić information content (AvgIpc) is 3.47. The van der Waals surface area contributed by atoms with Gasteiger partial charge in [0.25, 0.3) is 11.8 Å². The summed E-state index contributed by atoms with van der Waals surface area (Å²) in [6, 6.07) is 17.8. The lowest BCUT2D eigenvalue weighted by atomic mass is 9.98. The van der Waals surface area contributed by atoms with Crippen molar-refractivity contribution in [2.45, 2.75) is 19.4 Å². The number of ether oxygens (including phenoxy) is 1. The Hall–Kier alpha value is -3.20. The summed E-state index contributed by atoms with van der Waals surface area (Å²) in [7, 11) is 0. The standard InChI is InChI=1S/C28H32N4O3S/c33-27(29-11-4-12-31-14-16-35-17-15-31)24-19-23(30-28(34)26-7-3-18-36-26)8-9-25(24)32-13-10-21-5-1-2-6-22(21)20-32/h1-3,5-9,18-19H,4,10-17,20H2,(H,29,33)(H,30,34). The van der Waals surface area contributed by atoms with E-state index in [2.05, 4.69) is 44.7 Å². The molecule has 0 atom stereocenters. The summed E-state index contributed by atoms with van der Waals surface area (Å²) in [5.74, 6) is -0.278. The van der Waals surface area contributed by atoms with Crippen molar-refractivity contribution in [3.8, 4) is 0 Å². The summed E-state index contributed by atoms with van der Waals surface area (Å²) in [4.78, 5) is 31.3. The van der Waals surface area contributed by atoms with Crippen LogP contribution in [0.2, 0.25) is 0 Å². The number of fused-ring (bicyclic) bond motifs is 1. The first-order valence-corrected chi connectivity index (χ1v) is 13.4. The summed E-state index contributed by atoms with van der Waals surface area (Å²) < 4.78 is 5.41. The van der Waals surface area contributed by atoms with Crippen LogP contribution in [0.25, 0.3) is 0 Å². The van der Waals surface area contributed by atoms with Crippen LogP contribution < -0.4 is 15.5 Å². The number of morpholine rings is 1. The molecule has 3 heterocycles. The van der Waals surface area contributed by atoms with Gasteiger partial charge in [-0.15, -0.1) is 11.3 Å². The van der Waals surface area contributed by atoms with Crippen molar-refractivity contribution >= 4 is 34.5 Å². The number of nitrogens with one attached hydrogen (secondary N) is 2. The molecule has 0 aliphatic carbocycles. The molecule has 0 unspecified atom stereocenters. The maximum Gasteiger partial charge on any atom is 0.265 e. The molecule has 36 heavy (non-hydrogen) atoms. The number of carbonyl (C=O) groups excluding carboxylic acids is 2. The third-order valence-electron chi connectivity index (χ3n) is 6.76. The van der Waals surface area contributed by atoms with Crippen LogP contribution in [0.3, 0.4) is 0 Å². The van der Waals surface area contributed by atoms with E-state index in [1.807, 2.05) is 23.6 Å². The minimum absolute atomic E-state index is 0.113. The number of benzene rings is 2. The van der Waals surface area contributed by atoms with Gasteiger partial charge in [-0.1, -0.05) is 30.3 Å². The normalized spacial score (nSPS) is 15.8. The number of anilines is 2. The molecule has 0 radical (unpaired) electrons. The van der Waals surface area contributed by atoms with Crippen LogP contribution in [0.4, 0.5) is 11.4 Å². The highest BCUT2D eigenvalue weighted by Crippen LogP contribution is 2.30. The van der Waals surface area contributed by atoms with Crippen LogP contribution in [0.1, 0.15) is 37.6 Å². The van der Waals surface area contributed by atoms with Crippen molar-refractivity contribution < 1.29 is 14.3 Å². The maximum atomic E-state index is 13.4. The second kappa shape index (κ2) is 11.7. The van der Waals surface area contributed by atoms with Crippen LogP contribution in [0.15, 0.2) is 60.0 Å². The fourth-order valence-corrected chi connectivity index (χ4v) is 5.42.